The van der Waals surface area contributed by atoms with Crippen molar-refractivity contribution in [2.75, 3.05) is 19.6 Å². The van der Waals surface area contributed by atoms with Crippen molar-refractivity contribution in [3.8, 4) is 0 Å². The van der Waals surface area contributed by atoms with Gasteiger partial charge in [0.1, 0.15) is 0 Å². The van der Waals surface area contributed by atoms with Gasteiger partial charge in [-0.2, -0.15) is 0 Å². The number of fused-ring (bicyclic) bond motifs is 1. The highest BCUT2D eigenvalue weighted by atomic mass is 35.5. The highest BCUT2D eigenvalue weighted by molar-refractivity contribution is 6.30. The summed E-state index contributed by atoms with van der Waals surface area (Å²) in [7, 11) is 0. The summed E-state index contributed by atoms with van der Waals surface area (Å²) >= 11 is 6.15. The van der Waals surface area contributed by atoms with E-state index in [9.17, 15) is 0 Å². The van der Waals surface area contributed by atoms with Gasteiger partial charge in [0.15, 0.2) is 0 Å². The third-order valence-electron chi connectivity index (χ3n) is 5.06. The first-order chi connectivity index (χ1) is 9.65. The lowest BCUT2D eigenvalue weighted by Gasteiger charge is -2.49. The highest BCUT2D eigenvalue weighted by Crippen LogP contribution is 2.31. The Morgan fingerprint density at radius 1 is 1.25 bits per heavy atom. The molecule has 0 bridgehead atoms. The van der Waals surface area contributed by atoms with Crippen LogP contribution in [0.4, 0.5) is 0 Å². The van der Waals surface area contributed by atoms with E-state index in [1.165, 1.54) is 44.5 Å². The van der Waals surface area contributed by atoms with E-state index in [-0.39, 0.29) is 0 Å². The van der Waals surface area contributed by atoms with Crippen molar-refractivity contribution in [3.63, 3.8) is 0 Å². The number of nitrogens with zero attached hydrogens (tertiary/aromatic N) is 2. The predicted molar refractivity (Wildman–Crippen MR) is 85.2 cm³/mol. The Bertz CT molecular complexity index is 462. The van der Waals surface area contributed by atoms with Gasteiger partial charge < -0.3 is 0 Å². The van der Waals surface area contributed by atoms with Crippen LogP contribution >= 0.6 is 11.6 Å². The van der Waals surface area contributed by atoms with Crippen molar-refractivity contribution >= 4 is 11.6 Å². The Morgan fingerprint density at radius 2 is 2.10 bits per heavy atom. The lowest BCUT2D eigenvalue weighted by molar-refractivity contribution is -0.00459. The van der Waals surface area contributed by atoms with E-state index < -0.39 is 0 Å². The molecule has 2 fully saturated rings. The summed E-state index contributed by atoms with van der Waals surface area (Å²) in [6.45, 7) is 8.41. The van der Waals surface area contributed by atoms with E-state index in [0.717, 1.165) is 11.1 Å². The van der Waals surface area contributed by atoms with Crippen LogP contribution in [0, 0.1) is 0 Å². The molecule has 2 heterocycles. The molecule has 0 N–H and O–H groups in total. The molecule has 1 aromatic carbocycles. The van der Waals surface area contributed by atoms with Crippen LogP contribution in [0.2, 0.25) is 5.02 Å². The Balaban J connectivity index is 1.75. The summed E-state index contributed by atoms with van der Waals surface area (Å²) in [6, 6.07) is 10.2. The zero-order valence-electron chi connectivity index (χ0n) is 12.6. The molecule has 2 aliphatic rings. The molecule has 0 radical (unpaired) electrons. The number of rotatable bonds is 2. The quantitative estimate of drug-likeness (QED) is 0.814. The monoisotopic (exact) mass is 292 g/mol. The van der Waals surface area contributed by atoms with Crippen LogP contribution in [0.5, 0.6) is 0 Å². The van der Waals surface area contributed by atoms with Gasteiger partial charge >= 0.3 is 0 Å². The Labute approximate surface area is 127 Å². The summed E-state index contributed by atoms with van der Waals surface area (Å²) in [6.07, 6.45) is 4.15. The molecule has 0 aliphatic carbocycles. The topological polar surface area (TPSA) is 6.48 Å². The third kappa shape index (κ3) is 2.88. The Hall–Kier alpha value is -0.570. The van der Waals surface area contributed by atoms with Crippen LogP contribution in [0.3, 0.4) is 0 Å². The summed E-state index contributed by atoms with van der Waals surface area (Å²) in [5, 5.41) is 0.846. The molecule has 2 saturated heterocycles. The first-order valence-electron chi connectivity index (χ1n) is 7.90. The van der Waals surface area contributed by atoms with E-state index >= 15 is 0 Å². The number of halogens is 1. The Kier molecular flexibility index (Phi) is 4.34. The average molecular weight is 293 g/mol. The van der Waals surface area contributed by atoms with Crippen LogP contribution in [-0.2, 0) is 0 Å². The van der Waals surface area contributed by atoms with E-state index in [1.54, 1.807) is 0 Å². The summed E-state index contributed by atoms with van der Waals surface area (Å²) in [4.78, 5) is 5.37. The maximum Gasteiger partial charge on any atom is 0.0409 e. The summed E-state index contributed by atoms with van der Waals surface area (Å²) in [5.74, 6) is 0. The van der Waals surface area contributed by atoms with Gasteiger partial charge in [0.2, 0.25) is 0 Å². The van der Waals surface area contributed by atoms with Crippen molar-refractivity contribution in [3.05, 3.63) is 34.9 Å². The summed E-state index contributed by atoms with van der Waals surface area (Å²) in [5.41, 5.74) is 1.34. The van der Waals surface area contributed by atoms with Gasteiger partial charge in [-0.15, -0.1) is 0 Å². The fourth-order valence-corrected chi connectivity index (χ4v) is 4.07. The number of hydrogen-bond donors (Lipinski definition) is 0. The zero-order valence-corrected chi connectivity index (χ0v) is 13.3. The molecule has 0 aromatic heterocycles. The highest BCUT2D eigenvalue weighted by Gasteiger charge is 2.35. The minimum Gasteiger partial charge on any atom is -0.298 e. The largest absolute Gasteiger partial charge is 0.298 e. The van der Waals surface area contributed by atoms with Gasteiger partial charge in [-0.05, 0) is 50.9 Å². The molecular weight excluding hydrogens is 268 g/mol. The van der Waals surface area contributed by atoms with E-state index in [2.05, 4.69) is 41.8 Å². The minimum atomic E-state index is 0.452. The number of hydrogen-bond acceptors (Lipinski definition) is 2. The van der Waals surface area contributed by atoms with Crippen LogP contribution in [0.1, 0.15) is 44.7 Å². The van der Waals surface area contributed by atoms with Crippen LogP contribution in [-0.4, -0.2) is 41.5 Å². The molecule has 0 saturated carbocycles. The van der Waals surface area contributed by atoms with E-state index in [4.69, 9.17) is 11.6 Å². The minimum absolute atomic E-state index is 0.452. The Morgan fingerprint density at radius 3 is 2.90 bits per heavy atom. The second-order valence-electron chi connectivity index (χ2n) is 6.42. The fraction of sp³-hybridized carbons (Fsp3) is 0.647. The predicted octanol–water partition coefficient (Wildman–Crippen LogP) is 3.96. The molecular formula is C17H25ClN2. The lowest BCUT2D eigenvalue weighted by Crippen LogP contribution is -2.58. The molecule has 20 heavy (non-hydrogen) atoms. The van der Waals surface area contributed by atoms with Crippen molar-refractivity contribution < 1.29 is 0 Å². The van der Waals surface area contributed by atoms with Gasteiger partial charge in [0.25, 0.3) is 0 Å². The zero-order chi connectivity index (χ0) is 14.1. The lowest BCUT2D eigenvalue weighted by atomic mass is 9.94. The van der Waals surface area contributed by atoms with Crippen LogP contribution in [0.25, 0.3) is 0 Å². The SMILES string of the molecule is CC1CN2CCCCC2CN1C(C)c1cccc(Cl)c1. The second-order valence-corrected chi connectivity index (χ2v) is 6.86. The maximum absolute atomic E-state index is 6.15. The number of piperidine rings is 1. The standard InChI is InChI=1S/C17H25ClN2/c1-13-11-19-9-4-3-8-17(19)12-20(13)14(2)15-6-5-7-16(18)10-15/h5-7,10,13-14,17H,3-4,8-9,11-12H2,1-2H3. The molecule has 0 spiro atoms. The van der Waals surface area contributed by atoms with Gasteiger partial charge in [0, 0.05) is 36.2 Å². The number of benzene rings is 1. The molecule has 2 nitrogen and oxygen atoms in total. The van der Waals surface area contributed by atoms with Crippen molar-refractivity contribution in [1.82, 2.24) is 9.80 Å². The average Bonchev–Trinajstić information content (AvgIpc) is 2.46. The number of piperazine rings is 1. The molecule has 3 heteroatoms. The molecule has 3 atom stereocenters. The normalized spacial score (nSPS) is 29.9. The van der Waals surface area contributed by atoms with Crippen molar-refractivity contribution in [2.24, 2.45) is 0 Å². The molecule has 3 rings (SSSR count). The van der Waals surface area contributed by atoms with E-state index in [1.807, 2.05) is 6.07 Å². The van der Waals surface area contributed by atoms with Crippen molar-refractivity contribution in [2.45, 2.75) is 51.2 Å². The first kappa shape index (κ1) is 14.4. The third-order valence-corrected chi connectivity index (χ3v) is 5.30. The summed E-state index contributed by atoms with van der Waals surface area (Å²) < 4.78 is 0. The van der Waals surface area contributed by atoms with Crippen LogP contribution < -0.4 is 0 Å². The molecule has 3 unspecified atom stereocenters. The van der Waals surface area contributed by atoms with Crippen molar-refractivity contribution in [1.29, 1.82) is 0 Å². The second kappa shape index (κ2) is 6.05. The smallest absolute Gasteiger partial charge is 0.0409 e. The fourth-order valence-electron chi connectivity index (χ4n) is 3.87. The van der Waals surface area contributed by atoms with Gasteiger partial charge in [-0.25, -0.2) is 0 Å². The molecule has 2 aliphatic heterocycles. The maximum atomic E-state index is 6.15. The van der Waals surface area contributed by atoms with Gasteiger partial charge in [0.05, 0.1) is 0 Å². The first-order valence-corrected chi connectivity index (χ1v) is 8.28. The van der Waals surface area contributed by atoms with Gasteiger partial charge in [-0.1, -0.05) is 30.2 Å². The van der Waals surface area contributed by atoms with Gasteiger partial charge in [-0.3, -0.25) is 9.80 Å². The molecule has 0 amide bonds. The van der Waals surface area contributed by atoms with E-state index in [0.29, 0.717) is 12.1 Å². The van der Waals surface area contributed by atoms with Crippen LogP contribution in [0.15, 0.2) is 24.3 Å². The molecule has 110 valence electrons. The molecule has 1 aromatic rings.